The number of thiol groups is 2. The minimum Gasteiger partial charge on any atom is -0.480 e. The van der Waals surface area contributed by atoms with Crippen LogP contribution in [-0.2, 0) is 14.4 Å². The smallest absolute Gasteiger partial charge is 0.321 e. The second kappa shape index (κ2) is 18.1. The molecule has 13 N–H and O–H groups in total. The van der Waals surface area contributed by atoms with Gasteiger partial charge in [-0.2, -0.15) is 25.3 Å². The molecular weight excluding hydrogens is 388 g/mol. The van der Waals surface area contributed by atoms with Crippen molar-refractivity contribution in [3.8, 4) is 0 Å². The second-order valence-corrected chi connectivity index (χ2v) is 5.38. The zero-order valence-electron chi connectivity index (χ0n) is 14.1. The Kier molecular flexibility index (Phi) is 20.2. The van der Waals surface area contributed by atoms with Crippen LogP contribution >= 0.6 is 25.3 Å². The number of hydrogen-bond acceptors (Lipinski definition) is 9. The van der Waals surface area contributed by atoms with E-state index in [0.29, 0.717) is 19.4 Å². The summed E-state index contributed by atoms with van der Waals surface area (Å²) in [6.45, 7) is 0.420. The molecule has 0 aromatic carbocycles. The molecule has 0 aliphatic rings. The van der Waals surface area contributed by atoms with Crippen LogP contribution in [0.3, 0.4) is 0 Å². The van der Waals surface area contributed by atoms with Crippen molar-refractivity contribution in [3.05, 3.63) is 0 Å². The summed E-state index contributed by atoms with van der Waals surface area (Å²) in [5.41, 5.74) is 25.2. The van der Waals surface area contributed by atoms with Gasteiger partial charge in [0.15, 0.2) is 5.96 Å². The van der Waals surface area contributed by atoms with Crippen molar-refractivity contribution >= 4 is 49.1 Å². The predicted molar refractivity (Wildman–Crippen MR) is 104 cm³/mol. The van der Waals surface area contributed by atoms with Crippen LogP contribution in [0.5, 0.6) is 0 Å². The number of aliphatic carboxylic acids is 3. The van der Waals surface area contributed by atoms with Crippen molar-refractivity contribution in [2.45, 2.75) is 31.0 Å². The summed E-state index contributed by atoms with van der Waals surface area (Å²) < 4.78 is 0. The molecular formula is C12H28N6O6S2. The summed E-state index contributed by atoms with van der Waals surface area (Å²) >= 11 is 7.30. The highest BCUT2D eigenvalue weighted by Crippen LogP contribution is 1.94. The SMILES string of the molecule is NC(CS)C(=O)O.NC(CS)C(=O)O.NC(N)=NCCCC(N)C(=O)O. The lowest BCUT2D eigenvalue weighted by molar-refractivity contribution is -0.139. The van der Waals surface area contributed by atoms with E-state index in [9.17, 15) is 14.4 Å². The third-order valence-corrected chi connectivity index (χ3v) is 3.10. The van der Waals surface area contributed by atoms with Gasteiger partial charge in [0.05, 0.1) is 0 Å². The molecule has 0 radical (unpaired) electrons. The van der Waals surface area contributed by atoms with Gasteiger partial charge in [-0.1, -0.05) is 0 Å². The van der Waals surface area contributed by atoms with Crippen LogP contribution in [0.4, 0.5) is 0 Å². The fourth-order valence-corrected chi connectivity index (χ4v) is 1.11. The zero-order chi connectivity index (χ0) is 21.3. The number of guanidine groups is 1. The standard InChI is InChI=1S/C6H14N4O2.2C3H7NO2S/c7-4(5(11)12)2-1-3-10-6(8)9;2*4-2(1-7)3(5)6/h4H,1-3,7H2,(H,11,12)(H4,8,9,10);2*2,7H,1,4H2,(H,5,6). The van der Waals surface area contributed by atoms with E-state index in [4.69, 9.17) is 44.0 Å². The minimum atomic E-state index is -1.00. The van der Waals surface area contributed by atoms with Gasteiger partial charge in [-0.3, -0.25) is 19.4 Å². The van der Waals surface area contributed by atoms with Gasteiger partial charge >= 0.3 is 17.9 Å². The van der Waals surface area contributed by atoms with Crippen LogP contribution in [0.25, 0.3) is 0 Å². The molecule has 14 heteroatoms. The normalized spacial score (nSPS) is 12.8. The number of nitrogens with two attached hydrogens (primary N) is 5. The van der Waals surface area contributed by atoms with E-state index in [2.05, 4.69) is 30.2 Å². The lowest BCUT2D eigenvalue weighted by Gasteiger charge is -2.03. The first-order chi connectivity index (χ1) is 11.9. The van der Waals surface area contributed by atoms with Crippen LogP contribution < -0.4 is 28.7 Å². The van der Waals surface area contributed by atoms with Gasteiger partial charge in [-0.15, -0.1) is 0 Å². The van der Waals surface area contributed by atoms with Gasteiger partial charge < -0.3 is 44.0 Å². The third kappa shape index (κ3) is 22.3. The third-order valence-electron chi connectivity index (χ3n) is 2.31. The summed E-state index contributed by atoms with van der Waals surface area (Å²) in [5, 5.41) is 24.4. The lowest BCUT2D eigenvalue weighted by atomic mass is 10.2. The molecule has 26 heavy (non-hydrogen) atoms. The summed E-state index contributed by atoms with van der Waals surface area (Å²) in [4.78, 5) is 33.4. The largest absolute Gasteiger partial charge is 0.480 e. The highest BCUT2D eigenvalue weighted by molar-refractivity contribution is 7.80. The topological polar surface area (TPSA) is 254 Å². The fourth-order valence-electron chi connectivity index (χ4n) is 0.799. The maximum absolute atomic E-state index is 10.2. The predicted octanol–water partition coefficient (Wildman–Crippen LogP) is -2.89. The van der Waals surface area contributed by atoms with E-state index in [1.165, 1.54) is 0 Å². The summed E-state index contributed by atoms with van der Waals surface area (Å²) in [6, 6.07) is -2.45. The van der Waals surface area contributed by atoms with Crippen molar-refractivity contribution < 1.29 is 29.7 Å². The first-order valence-electron chi connectivity index (χ1n) is 7.12. The number of rotatable bonds is 9. The molecule has 0 spiro atoms. The Bertz CT molecular complexity index is 430. The molecule has 0 heterocycles. The van der Waals surface area contributed by atoms with Crippen molar-refractivity contribution in [1.82, 2.24) is 0 Å². The maximum atomic E-state index is 10.2. The van der Waals surface area contributed by atoms with Gasteiger partial charge in [0.1, 0.15) is 18.1 Å². The highest BCUT2D eigenvalue weighted by Gasteiger charge is 2.09. The van der Waals surface area contributed by atoms with Crippen LogP contribution in [0, 0.1) is 0 Å². The molecule has 0 aromatic rings. The van der Waals surface area contributed by atoms with Crippen molar-refractivity contribution in [1.29, 1.82) is 0 Å². The van der Waals surface area contributed by atoms with E-state index in [-0.39, 0.29) is 17.5 Å². The zero-order valence-corrected chi connectivity index (χ0v) is 15.9. The molecule has 3 atom stereocenters. The van der Waals surface area contributed by atoms with E-state index in [0.717, 1.165) is 0 Å². The maximum Gasteiger partial charge on any atom is 0.321 e. The van der Waals surface area contributed by atoms with Crippen molar-refractivity contribution in [3.63, 3.8) is 0 Å². The number of hydrogen-bond donors (Lipinski definition) is 10. The molecule has 0 aliphatic heterocycles. The van der Waals surface area contributed by atoms with Gasteiger partial charge in [0, 0.05) is 18.1 Å². The average molecular weight is 417 g/mol. The highest BCUT2D eigenvalue weighted by atomic mass is 32.1. The molecule has 0 aliphatic carbocycles. The van der Waals surface area contributed by atoms with E-state index in [1.54, 1.807) is 0 Å². The Balaban J connectivity index is -0.000000326. The van der Waals surface area contributed by atoms with Gasteiger partial charge in [-0.05, 0) is 12.8 Å². The van der Waals surface area contributed by atoms with E-state index in [1.807, 2.05) is 0 Å². The quantitative estimate of drug-likeness (QED) is 0.0789. The molecule has 0 rings (SSSR count). The second-order valence-electron chi connectivity index (χ2n) is 4.65. The lowest BCUT2D eigenvalue weighted by Crippen LogP contribution is -2.31. The molecule has 0 saturated heterocycles. The Morgan fingerprint density at radius 2 is 1.15 bits per heavy atom. The summed E-state index contributed by atoms with van der Waals surface area (Å²) in [5.74, 6) is -2.62. The first-order valence-corrected chi connectivity index (χ1v) is 8.39. The Hall–Kier alpha value is -1.74. The van der Waals surface area contributed by atoms with E-state index >= 15 is 0 Å². The Morgan fingerprint density at radius 1 is 0.808 bits per heavy atom. The summed E-state index contributed by atoms with van der Waals surface area (Å²) in [7, 11) is 0. The molecule has 154 valence electrons. The number of carbonyl (C=O) groups is 3. The van der Waals surface area contributed by atoms with Crippen LogP contribution in [0.2, 0.25) is 0 Å². The first kappa shape index (κ1) is 29.0. The summed E-state index contributed by atoms with van der Waals surface area (Å²) in [6.07, 6.45) is 0.956. The minimum absolute atomic E-state index is 0.0129. The van der Waals surface area contributed by atoms with Gasteiger partial charge in [0.25, 0.3) is 0 Å². The molecule has 0 aromatic heterocycles. The van der Waals surface area contributed by atoms with Crippen LogP contribution in [0.15, 0.2) is 4.99 Å². The van der Waals surface area contributed by atoms with Gasteiger partial charge in [0.2, 0.25) is 0 Å². The Labute approximate surface area is 162 Å². The Morgan fingerprint density at radius 3 is 1.35 bits per heavy atom. The molecule has 0 saturated carbocycles. The molecule has 0 amide bonds. The monoisotopic (exact) mass is 416 g/mol. The van der Waals surface area contributed by atoms with Crippen molar-refractivity contribution in [2.75, 3.05) is 18.1 Å². The molecule has 0 fully saturated rings. The molecule has 0 bridgehead atoms. The van der Waals surface area contributed by atoms with Crippen molar-refractivity contribution in [2.24, 2.45) is 33.7 Å². The van der Waals surface area contributed by atoms with Gasteiger partial charge in [-0.25, -0.2) is 0 Å². The molecule has 3 unspecified atom stereocenters. The fraction of sp³-hybridized carbons (Fsp3) is 0.667. The number of aliphatic imine (C=N–C) groups is 1. The average Bonchev–Trinajstić information content (AvgIpc) is 2.57. The number of carboxylic acids is 3. The van der Waals surface area contributed by atoms with Crippen LogP contribution in [-0.4, -0.2) is 75.4 Å². The number of carboxylic acid groups (broad SMARTS) is 3. The van der Waals surface area contributed by atoms with Crippen LogP contribution in [0.1, 0.15) is 12.8 Å². The number of nitrogens with zero attached hydrogens (tertiary/aromatic N) is 1. The molecule has 12 nitrogen and oxygen atoms in total. The van der Waals surface area contributed by atoms with E-state index < -0.39 is 36.0 Å².